The van der Waals surface area contributed by atoms with Crippen LogP contribution in [0.5, 0.6) is 0 Å². The smallest absolute Gasteiger partial charge is 0.417 e. The van der Waals surface area contributed by atoms with Crippen LogP contribution in [0.4, 0.5) is 13.2 Å². The molecule has 0 aromatic heterocycles. The lowest BCUT2D eigenvalue weighted by Gasteiger charge is -2.12. The van der Waals surface area contributed by atoms with E-state index in [1.165, 1.54) is 6.07 Å². The predicted molar refractivity (Wildman–Crippen MR) is 63.7 cm³/mol. The Morgan fingerprint density at radius 2 is 2.11 bits per heavy atom. The van der Waals surface area contributed by atoms with Gasteiger partial charge < -0.3 is 4.74 Å². The van der Waals surface area contributed by atoms with Crippen LogP contribution in [0, 0.1) is 11.3 Å². The molecule has 0 saturated heterocycles. The van der Waals surface area contributed by atoms with Crippen LogP contribution in [0.2, 0.25) is 0 Å². The first kappa shape index (κ1) is 15.4. The van der Waals surface area contributed by atoms with Crippen molar-refractivity contribution in [2.24, 2.45) is 0 Å². The highest BCUT2D eigenvalue weighted by molar-refractivity contribution is 7.80. The molecule has 1 aromatic carbocycles. The summed E-state index contributed by atoms with van der Waals surface area (Å²) in [7, 11) is 0. The fraction of sp³-hybridized carbons (Fsp3) is 0.333. The summed E-state index contributed by atoms with van der Waals surface area (Å²) in [6.07, 6.45) is -4.97. The van der Waals surface area contributed by atoms with Crippen molar-refractivity contribution in [2.45, 2.75) is 24.4 Å². The van der Waals surface area contributed by atoms with Crippen LogP contribution in [0.15, 0.2) is 17.0 Å². The van der Waals surface area contributed by atoms with E-state index in [0.717, 1.165) is 12.1 Å². The minimum Gasteiger partial charge on any atom is -0.466 e. The van der Waals surface area contributed by atoms with Crippen LogP contribution in [-0.4, -0.2) is 12.6 Å². The predicted octanol–water partition coefficient (Wildman–Crippen LogP) is 2.97. The molecule has 3 nitrogen and oxygen atoms in total. The maximum atomic E-state index is 12.7. The number of hydrogen-bond donors (Lipinski definition) is 1. The number of alkyl halides is 3. The highest BCUT2D eigenvalue weighted by Gasteiger charge is 2.34. The molecule has 0 atom stereocenters. The van der Waals surface area contributed by atoms with Crippen molar-refractivity contribution in [3.8, 4) is 6.07 Å². The maximum Gasteiger partial charge on any atom is 0.417 e. The van der Waals surface area contributed by atoms with Crippen molar-refractivity contribution >= 4 is 18.6 Å². The van der Waals surface area contributed by atoms with Crippen molar-refractivity contribution in [1.29, 1.82) is 5.26 Å². The van der Waals surface area contributed by atoms with E-state index in [1.807, 2.05) is 0 Å². The minimum absolute atomic E-state index is 0.0770. The largest absolute Gasteiger partial charge is 0.466 e. The molecule has 0 spiro atoms. The van der Waals surface area contributed by atoms with Crippen molar-refractivity contribution in [3.05, 3.63) is 28.8 Å². The molecule has 102 valence electrons. The Bertz CT molecular complexity index is 535. The zero-order valence-electron chi connectivity index (χ0n) is 9.91. The van der Waals surface area contributed by atoms with Gasteiger partial charge in [0, 0.05) is 4.90 Å². The number of nitrogens with zero attached hydrogens (tertiary/aromatic N) is 1. The lowest BCUT2D eigenvalue weighted by atomic mass is 10.0. The lowest BCUT2D eigenvalue weighted by molar-refractivity contribution is -0.142. The van der Waals surface area contributed by atoms with Crippen molar-refractivity contribution < 1.29 is 22.7 Å². The summed E-state index contributed by atoms with van der Waals surface area (Å²) in [5.41, 5.74) is -1.52. The standard InChI is InChI=1S/C12H10F3NO2S/c1-2-18-11(17)5-7-3-9(12(13,14)15)8(6-16)4-10(7)19/h3-4,19H,2,5H2,1H3. The Kier molecular flexibility index (Phi) is 4.84. The number of rotatable bonds is 3. The Labute approximate surface area is 113 Å². The number of esters is 1. The molecule has 1 rings (SSSR count). The van der Waals surface area contributed by atoms with Gasteiger partial charge in [0.1, 0.15) is 0 Å². The van der Waals surface area contributed by atoms with Crippen LogP contribution in [-0.2, 0) is 22.1 Å². The van der Waals surface area contributed by atoms with Crippen molar-refractivity contribution in [1.82, 2.24) is 0 Å². The van der Waals surface area contributed by atoms with E-state index < -0.39 is 23.3 Å². The fourth-order valence-corrected chi connectivity index (χ4v) is 1.74. The van der Waals surface area contributed by atoms with E-state index >= 15 is 0 Å². The monoisotopic (exact) mass is 289 g/mol. The SMILES string of the molecule is CCOC(=O)Cc1cc(C(F)(F)F)c(C#N)cc1S. The Morgan fingerprint density at radius 3 is 2.58 bits per heavy atom. The summed E-state index contributed by atoms with van der Waals surface area (Å²) in [4.78, 5) is 11.4. The number of nitriles is 1. The van der Waals surface area contributed by atoms with E-state index in [-0.39, 0.29) is 23.5 Å². The molecule has 0 fully saturated rings. The van der Waals surface area contributed by atoms with Gasteiger partial charge in [-0.15, -0.1) is 12.6 Å². The van der Waals surface area contributed by atoms with Crippen LogP contribution >= 0.6 is 12.6 Å². The fourth-order valence-electron chi connectivity index (χ4n) is 1.47. The average molecular weight is 289 g/mol. The zero-order chi connectivity index (χ0) is 14.6. The molecule has 0 aliphatic carbocycles. The summed E-state index contributed by atoms with van der Waals surface area (Å²) in [6, 6.07) is 3.23. The first-order chi connectivity index (χ1) is 8.79. The number of halogens is 3. The first-order valence-corrected chi connectivity index (χ1v) is 5.73. The molecule has 0 bridgehead atoms. The molecular formula is C12H10F3NO2S. The normalized spacial score (nSPS) is 10.9. The van der Waals surface area contributed by atoms with Gasteiger partial charge in [-0.2, -0.15) is 18.4 Å². The molecule has 0 aliphatic heterocycles. The third-order valence-corrected chi connectivity index (χ3v) is 2.70. The van der Waals surface area contributed by atoms with Gasteiger partial charge >= 0.3 is 12.1 Å². The highest BCUT2D eigenvalue weighted by atomic mass is 32.1. The number of thiol groups is 1. The molecule has 0 unspecified atom stereocenters. The van der Waals surface area contributed by atoms with Crippen LogP contribution in [0.25, 0.3) is 0 Å². The van der Waals surface area contributed by atoms with E-state index in [0.29, 0.717) is 0 Å². The topological polar surface area (TPSA) is 50.1 Å². The van der Waals surface area contributed by atoms with Gasteiger partial charge in [0.25, 0.3) is 0 Å². The molecule has 0 aliphatic rings. The van der Waals surface area contributed by atoms with Gasteiger partial charge in [0.05, 0.1) is 30.2 Å². The number of hydrogen-bond acceptors (Lipinski definition) is 4. The summed E-state index contributed by atoms with van der Waals surface area (Å²) in [5, 5.41) is 8.69. The summed E-state index contributed by atoms with van der Waals surface area (Å²) in [5.74, 6) is -0.643. The summed E-state index contributed by atoms with van der Waals surface area (Å²) < 4.78 is 42.9. The third kappa shape index (κ3) is 3.89. The van der Waals surface area contributed by atoms with Crippen molar-refractivity contribution in [3.63, 3.8) is 0 Å². The van der Waals surface area contributed by atoms with E-state index in [2.05, 4.69) is 17.4 Å². The van der Waals surface area contributed by atoms with Gasteiger partial charge in [0.2, 0.25) is 0 Å². The van der Waals surface area contributed by atoms with E-state index in [9.17, 15) is 18.0 Å². The Hall–Kier alpha value is -1.68. The highest BCUT2D eigenvalue weighted by Crippen LogP contribution is 2.34. The van der Waals surface area contributed by atoms with Gasteiger partial charge in [-0.1, -0.05) is 0 Å². The van der Waals surface area contributed by atoms with E-state index in [1.54, 1.807) is 6.92 Å². The summed E-state index contributed by atoms with van der Waals surface area (Å²) in [6.45, 7) is 1.74. The molecule has 0 saturated carbocycles. The van der Waals surface area contributed by atoms with Gasteiger partial charge in [-0.05, 0) is 24.6 Å². The second-order valence-electron chi connectivity index (χ2n) is 3.62. The van der Waals surface area contributed by atoms with Gasteiger partial charge in [-0.25, -0.2) is 0 Å². The Morgan fingerprint density at radius 1 is 1.47 bits per heavy atom. The molecule has 0 N–H and O–H groups in total. The second-order valence-corrected chi connectivity index (χ2v) is 4.10. The maximum absolute atomic E-state index is 12.7. The lowest BCUT2D eigenvalue weighted by Crippen LogP contribution is -2.12. The van der Waals surface area contributed by atoms with Crippen molar-refractivity contribution in [2.75, 3.05) is 6.61 Å². The number of benzene rings is 1. The Balaban J connectivity index is 3.21. The first-order valence-electron chi connectivity index (χ1n) is 5.28. The van der Waals surface area contributed by atoms with Crippen LogP contribution in [0.3, 0.4) is 0 Å². The van der Waals surface area contributed by atoms with Gasteiger partial charge in [0.15, 0.2) is 0 Å². The molecule has 0 amide bonds. The quantitative estimate of drug-likeness (QED) is 0.687. The second kappa shape index (κ2) is 5.97. The number of carbonyl (C=O) groups is 1. The molecule has 0 radical (unpaired) electrons. The zero-order valence-corrected chi connectivity index (χ0v) is 10.8. The minimum atomic E-state index is -4.66. The number of ether oxygens (including phenoxy) is 1. The van der Waals surface area contributed by atoms with E-state index in [4.69, 9.17) is 5.26 Å². The van der Waals surface area contributed by atoms with Crippen LogP contribution in [0.1, 0.15) is 23.6 Å². The van der Waals surface area contributed by atoms with Crippen LogP contribution < -0.4 is 0 Å². The molecule has 19 heavy (non-hydrogen) atoms. The van der Waals surface area contributed by atoms with Gasteiger partial charge in [-0.3, -0.25) is 4.79 Å². The molecule has 0 heterocycles. The average Bonchev–Trinajstić information content (AvgIpc) is 2.30. The molecular weight excluding hydrogens is 279 g/mol. The third-order valence-electron chi connectivity index (χ3n) is 2.28. The molecule has 7 heteroatoms. The molecule has 1 aromatic rings. The summed E-state index contributed by atoms with van der Waals surface area (Å²) >= 11 is 3.98. The number of carbonyl (C=O) groups excluding carboxylic acids is 1.